The quantitative estimate of drug-likeness (QED) is 0.524. The molecule has 3 nitrogen and oxygen atoms in total. The zero-order chi connectivity index (χ0) is 13.0. The number of ether oxygens (including phenoxy) is 1. The molecule has 0 aliphatic heterocycles. The second-order valence-electron chi connectivity index (χ2n) is 4.60. The lowest BCUT2D eigenvalue weighted by atomic mass is 10.2. The summed E-state index contributed by atoms with van der Waals surface area (Å²) in [5, 5.41) is 12.3. The molecule has 0 aromatic rings. The summed E-state index contributed by atoms with van der Waals surface area (Å²) in [6.45, 7) is 12.8. The maximum Gasteiger partial charge on any atom is 0.214 e. The summed E-state index contributed by atoms with van der Waals surface area (Å²) in [5.74, 6) is 0. The Morgan fingerprint density at radius 1 is 1.12 bits per heavy atom. The van der Waals surface area contributed by atoms with E-state index < -0.39 is 6.41 Å². The van der Waals surface area contributed by atoms with Gasteiger partial charge in [0.1, 0.15) is 0 Å². The van der Waals surface area contributed by atoms with Gasteiger partial charge in [-0.15, -0.1) is 0 Å². The maximum absolute atomic E-state index is 9.41. The van der Waals surface area contributed by atoms with E-state index >= 15 is 0 Å². The van der Waals surface area contributed by atoms with Gasteiger partial charge >= 0.3 is 0 Å². The highest BCUT2D eigenvalue weighted by Gasteiger charge is 2.15. The van der Waals surface area contributed by atoms with Crippen LogP contribution in [0.25, 0.3) is 0 Å². The molecule has 0 radical (unpaired) electrons. The molecular formula is C13H31NO2. The Labute approximate surface area is 102 Å². The molecule has 1 unspecified atom stereocenters. The minimum absolute atomic E-state index is 0.296. The second-order valence-corrected chi connectivity index (χ2v) is 4.60. The molecule has 0 heterocycles. The van der Waals surface area contributed by atoms with Crippen molar-refractivity contribution < 1.29 is 9.84 Å². The highest BCUT2D eigenvalue weighted by molar-refractivity contribution is 4.59. The van der Waals surface area contributed by atoms with E-state index in [0.717, 1.165) is 13.0 Å². The number of unbranched alkanes of at least 4 members (excludes halogenated alkanes) is 3. The number of hydrogen-bond acceptors (Lipinski definition) is 3. The first-order chi connectivity index (χ1) is 7.45. The molecule has 0 saturated carbocycles. The van der Waals surface area contributed by atoms with E-state index in [2.05, 4.69) is 12.2 Å². The van der Waals surface area contributed by atoms with Crippen LogP contribution in [0.5, 0.6) is 0 Å². The van der Waals surface area contributed by atoms with Crippen LogP contribution >= 0.6 is 0 Å². The predicted molar refractivity (Wildman–Crippen MR) is 70.3 cm³/mol. The van der Waals surface area contributed by atoms with Gasteiger partial charge in [0.2, 0.25) is 6.41 Å². The normalized spacial score (nSPS) is 12.9. The molecule has 0 rings (SSSR count). The van der Waals surface area contributed by atoms with Gasteiger partial charge in [0.05, 0.1) is 5.60 Å². The molecule has 0 aliphatic rings. The zero-order valence-electron chi connectivity index (χ0n) is 12.0. The van der Waals surface area contributed by atoms with E-state index in [9.17, 15) is 5.11 Å². The van der Waals surface area contributed by atoms with Crippen LogP contribution in [-0.2, 0) is 4.74 Å². The molecule has 16 heavy (non-hydrogen) atoms. The third-order valence-corrected chi connectivity index (χ3v) is 1.81. The third kappa shape index (κ3) is 16.3. The van der Waals surface area contributed by atoms with Gasteiger partial charge in [-0.25, -0.2) is 0 Å². The van der Waals surface area contributed by atoms with E-state index in [-0.39, 0.29) is 5.60 Å². The molecule has 100 valence electrons. The van der Waals surface area contributed by atoms with Crippen molar-refractivity contribution in [1.82, 2.24) is 5.32 Å². The van der Waals surface area contributed by atoms with Crippen LogP contribution in [0.2, 0.25) is 0 Å². The molecule has 2 N–H and O–H groups in total. The van der Waals surface area contributed by atoms with Crippen LogP contribution in [0.1, 0.15) is 67.2 Å². The van der Waals surface area contributed by atoms with Gasteiger partial charge in [0.15, 0.2) is 0 Å². The lowest BCUT2D eigenvalue weighted by molar-refractivity contribution is -0.181. The van der Waals surface area contributed by atoms with Gasteiger partial charge in [0, 0.05) is 0 Å². The number of aliphatic hydroxyl groups excluding tert-OH is 1. The molecule has 0 fully saturated rings. The Hall–Kier alpha value is -0.120. The van der Waals surface area contributed by atoms with Crippen molar-refractivity contribution in [2.45, 2.75) is 79.2 Å². The van der Waals surface area contributed by atoms with E-state index in [1.54, 1.807) is 0 Å². The average Bonchev–Trinajstić information content (AvgIpc) is 2.18. The summed E-state index contributed by atoms with van der Waals surface area (Å²) < 4.78 is 5.29. The van der Waals surface area contributed by atoms with E-state index in [1.165, 1.54) is 19.3 Å². The van der Waals surface area contributed by atoms with E-state index in [0.29, 0.717) is 0 Å². The molecule has 0 aromatic heterocycles. The molecule has 0 aromatic carbocycles. The van der Waals surface area contributed by atoms with Gasteiger partial charge in [0.25, 0.3) is 0 Å². The average molecular weight is 233 g/mol. The fraction of sp³-hybridized carbons (Fsp3) is 1.00. The van der Waals surface area contributed by atoms with Gasteiger partial charge < -0.3 is 9.84 Å². The van der Waals surface area contributed by atoms with E-state index in [4.69, 9.17) is 4.74 Å². The minimum Gasteiger partial charge on any atom is -0.356 e. The van der Waals surface area contributed by atoms with Crippen molar-refractivity contribution in [3.8, 4) is 0 Å². The van der Waals surface area contributed by atoms with Gasteiger partial charge in [-0.2, -0.15) is 0 Å². The summed E-state index contributed by atoms with van der Waals surface area (Å²) in [5.41, 5.74) is -0.296. The van der Waals surface area contributed by atoms with Crippen molar-refractivity contribution in [3.63, 3.8) is 0 Å². The van der Waals surface area contributed by atoms with Gasteiger partial charge in [-0.05, 0) is 33.7 Å². The Morgan fingerprint density at radius 3 is 2.12 bits per heavy atom. The van der Waals surface area contributed by atoms with Crippen LogP contribution in [0.4, 0.5) is 0 Å². The Morgan fingerprint density at radius 2 is 1.69 bits per heavy atom. The first kappa shape index (κ1) is 18.3. The summed E-state index contributed by atoms with van der Waals surface area (Å²) in [6, 6.07) is 0. The number of nitrogens with one attached hydrogen (secondary N) is 1. The standard InChI is InChI=1S/C11H25NO2.C2H6/c1-5-6-7-8-9-12-10(13)14-11(2,3)4;1-2/h10,12-13H,5-9H2,1-4H3;1-2H3. The smallest absolute Gasteiger partial charge is 0.214 e. The first-order valence-electron chi connectivity index (χ1n) is 6.55. The lowest BCUT2D eigenvalue weighted by Gasteiger charge is -2.24. The Balaban J connectivity index is 0. The van der Waals surface area contributed by atoms with E-state index in [1.807, 2.05) is 34.6 Å². The first-order valence-corrected chi connectivity index (χ1v) is 6.55. The largest absolute Gasteiger partial charge is 0.356 e. The highest BCUT2D eigenvalue weighted by atomic mass is 16.6. The Bertz CT molecular complexity index is 132. The molecule has 0 aliphatic carbocycles. The SMILES string of the molecule is CC.CCCCCCNC(O)OC(C)(C)C. The van der Waals surface area contributed by atoms with Crippen molar-refractivity contribution in [2.75, 3.05) is 6.54 Å². The molecule has 3 heteroatoms. The van der Waals surface area contributed by atoms with Crippen molar-refractivity contribution in [2.24, 2.45) is 0 Å². The minimum atomic E-state index is -0.836. The molecule has 0 spiro atoms. The topological polar surface area (TPSA) is 41.5 Å². The van der Waals surface area contributed by atoms with Crippen LogP contribution in [0.3, 0.4) is 0 Å². The van der Waals surface area contributed by atoms with Gasteiger partial charge in [-0.3, -0.25) is 5.32 Å². The van der Waals surface area contributed by atoms with Crippen LogP contribution in [-0.4, -0.2) is 23.7 Å². The van der Waals surface area contributed by atoms with Crippen molar-refractivity contribution >= 4 is 0 Å². The predicted octanol–water partition coefficient (Wildman–Crippen LogP) is 3.27. The number of hydrogen-bond donors (Lipinski definition) is 2. The second kappa shape index (κ2) is 11.4. The highest BCUT2D eigenvalue weighted by Crippen LogP contribution is 2.08. The Kier molecular flexibility index (Phi) is 13.0. The lowest BCUT2D eigenvalue weighted by Crippen LogP contribution is -2.38. The molecule has 0 amide bonds. The zero-order valence-corrected chi connectivity index (χ0v) is 12.0. The van der Waals surface area contributed by atoms with Crippen molar-refractivity contribution in [1.29, 1.82) is 0 Å². The molecule has 0 bridgehead atoms. The third-order valence-electron chi connectivity index (χ3n) is 1.81. The molecule has 1 atom stereocenters. The van der Waals surface area contributed by atoms with Gasteiger partial charge in [-0.1, -0.05) is 40.0 Å². The molecule has 0 saturated heterocycles. The fourth-order valence-electron chi connectivity index (χ4n) is 1.15. The summed E-state index contributed by atoms with van der Waals surface area (Å²) in [6.07, 6.45) is 3.97. The van der Waals surface area contributed by atoms with Crippen LogP contribution in [0, 0.1) is 0 Å². The maximum atomic E-state index is 9.41. The number of rotatable bonds is 7. The summed E-state index contributed by atoms with van der Waals surface area (Å²) in [4.78, 5) is 0. The fourth-order valence-corrected chi connectivity index (χ4v) is 1.15. The van der Waals surface area contributed by atoms with Crippen molar-refractivity contribution in [3.05, 3.63) is 0 Å². The summed E-state index contributed by atoms with van der Waals surface area (Å²) in [7, 11) is 0. The van der Waals surface area contributed by atoms with Crippen LogP contribution < -0.4 is 5.32 Å². The molecular weight excluding hydrogens is 202 g/mol. The summed E-state index contributed by atoms with van der Waals surface area (Å²) >= 11 is 0. The monoisotopic (exact) mass is 233 g/mol. The number of aliphatic hydroxyl groups is 1. The van der Waals surface area contributed by atoms with Crippen LogP contribution in [0.15, 0.2) is 0 Å².